The number of rotatable bonds is 3. The van der Waals surface area contributed by atoms with Gasteiger partial charge in [-0.1, -0.05) is 6.07 Å². The van der Waals surface area contributed by atoms with Crippen molar-refractivity contribution in [3.8, 4) is 0 Å². The number of nitrogens with zero attached hydrogens (tertiary/aromatic N) is 1. The van der Waals surface area contributed by atoms with Crippen molar-refractivity contribution in [2.45, 2.75) is 0 Å². The van der Waals surface area contributed by atoms with Gasteiger partial charge in [-0.3, -0.25) is 4.79 Å². The first kappa shape index (κ1) is 14.8. The Kier molecular flexibility index (Phi) is 4.07. The Morgan fingerprint density at radius 3 is 2.57 bits per heavy atom. The molecule has 0 unspecified atom stereocenters. The highest BCUT2D eigenvalue weighted by molar-refractivity contribution is 6.08. The number of nitrogens with two attached hydrogens (primary N) is 1. The number of halogens is 2. The zero-order valence-electron chi connectivity index (χ0n) is 11.7. The number of carbonyl (C=O) groups excluding carboxylic acids is 1. The molecule has 2 rings (SSSR count). The number of hydrogen-bond donors (Lipinski definition) is 2. The molecule has 0 saturated carbocycles. The van der Waals surface area contributed by atoms with Gasteiger partial charge in [-0.25, -0.2) is 8.78 Å². The van der Waals surface area contributed by atoms with Crippen molar-refractivity contribution in [2.75, 3.05) is 30.0 Å². The normalized spacial score (nSPS) is 10.3. The highest BCUT2D eigenvalue weighted by Gasteiger charge is 2.16. The summed E-state index contributed by atoms with van der Waals surface area (Å²) in [5.41, 5.74) is 6.78. The lowest BCUT2D eigenvalue weighted by Gasteiger charge is -2.17. The summed E-state index contributed by atoms with van der Waals surface area (Å²) < 4.78 is 26.7. The Bertz CT molecular complexity index is 687. The van der Waals surface area contributed by atoms with Gasteiger partial charge in [0.25, 0.3) is 5.91 Å². The predicted octanol–water partition coefficient (Wildman–Crippen LogP) is 2.87. The molecular weight excluding hydrogens is 276 g/mol. The number of amides is 1. The van der Waals surface area contributed by atoms with E-state index in [0.29, 0.717) is 11.4 Å². The van der Waals surface area contributed by atoms with Crippen LogP contribution >= 0.6 is 0 Å². The molecule has 0 heterocycles. The molecule has 0 aliphatic carbocycles. The second-order valence-corrected chi connectivity index (χ2v) is 4.73. The van der Waals surface area contributed by atoms with Gasteiger partial charge in [0.2, 0.25) is 0 Å². The Morgan fingerprint density at radius 1 is 1.19 bits per heavy atom. The fourth-order valence-corrected chi connectivity index (χ4v) is 1.92. The molecule has 0 saturated heterocycles. The van der Waals surface area contributed by atoms with Crippen LogP contribution in [0.3, 0.4) is 0 Å². The summed E-state index contributed by atoms with van der Waals surface area (Å²) in [6, 6.07) is 8.43. The topological polar surface area (TPSA) is 58.4 Å². The van der Waals surface area contributed by atoms with E-state index >= 15 is 0 Å². The maximum Gasteiger partial charge on any atom is 0.257 e. The molecule has 0 radical (unpaired) electrons. The van der Waals surface area contributed by atoms with Crippen LogP contribution in [0.1, 0.15) is 10.4 Å². The summed E-state index contributed by atoms with van der Waals surface area (Å²) in [5.74, 6) is -2.68. The van der Waals surface area contributed by atoms with E-state index in [1.165, 1.54) is 18.2 Å². The summed E-state index contributed by atoms with van der Waals surface area (Å²) >= 11 is 0. The van der Waals surface area contributed by atoms with E-state index in [1.807, 2.05) is 0 Å². The maximum atomic E-state index is 13.6. The van der Waals surface area contributed by atoms with Crippen LogP contribution in [-0.2, 0) is 0 Å². The molecule has 0 atom stereocenters. The quantitative estimate of drug-likeness (QED) is 0.855. The molecular formula is C15H15F2N3O. The van der Waals surface area contributed by atoms with Gasteiger partial charge in [0.1, 0.15) is 0 Å². The van der Waals surface area contributed by atoms with Crippen molar-refractivity contribution in [3.63, 3.8) is 0 Å². The predicted molar refractivity (Wildman–Crippen MR) is 79.5 cm³/mol. The van der Waals surface area contributed by atoms with Crippen LogP contribution in [0.2, 0.25) is 0 Å². The molecule has 0 spiro atoms. The standard InChI is InChI=1S/C15H15F2N3O/c1-20(2)13-7-6-9(18)8-10(13)15(21)19-12-5-3-4-11(16)14(12)17/h3-8H,18H2,1-2H3,(H,19,21). The number of nitrogens with one attached hydrogen (secondary N) is 1. The molecule has 4 nitrogen and oxygen atoms in total. The number of hydrogen-bond acceptors (Lipinski definition) is 3. The molecule has 3 N–H and O–H groups in total. The van der Waals surface area contributed by atoms with Crippen LogP contribution in [0.5, 0.6) is 0 Å². The summed E-state index contributed by atoms with van der Waals surface area (Å²) in [7, 11) is 3.54. The summed E-state index contributed by atoms with van der Waals surface area (Å²) in [5, 5.41) is 2.35. The third-order valence-corrected chi connectivity index (χ3v) is 2.95. The lowest BCUT2D eigenvalue weighted by molar-refractivity contribution is 0.102. The van der Waals surface area contributed by atoms with Crippen molar-refractivity contribution >= 4 is 23.0 Å². The minimum Gasteiger partial charge on any atom is -0.399 e. The van der Waals surface area contributed by atoms with Gasteiger partial charge in [0.05, 0.1) is 11.3 Å². The van der Waals surface area contributed by atoms with E-state index in [0.717, 1.165) is 6.07 Å². The van der Waals surface area contributed by atoms with E-state index in [-0.39, 0.29) is 11.3 Å². The molecule has 110 valence electrons. The number of carbonyl (C=O) groups is 1. The first-order valence-electron chi connectivity index (χ1n) is 6.22. The minimum atomic E-state index is -1.10. The molecule has 0 fully saturated rings. The van der Waals surface area contributed by atoms with Crippen LogP contribution in [0, 0.1) is 11.6 Å². The highest BCUT2D eigenvalue weighted by atomic mass is 19.2. The molecule has 0 aliphatic heterocycles. The van der Waals surface area contributed by atoms with Crippen LogP contribution in [0.25, 0.3) is 0 Å². The highest BCUT2D eigenvalue weighted by Crippen LogP contribution is 2.24. The first-order chi connectivity index (χ1) is 9.90. The molecule has 2 aromatic rings. The van der Waals surface area contributed by atoms with Crippen molar-refractivity contribution in [3.05, 3.63) is 53.6 Å². The zero-order chi connectivity index (χ0) is 15.6. The fraction of sp³-hybridized carbons (Fsp3) is 0.133. The first-order valence-corrected chi connectivity index (χ1v) is 6.22. The van der Waals surface area contributed by atoms with Crippen LogP contribution in [0.4, 0.5) is 25.8 Å². The number of anilines is 3. The van der Waals surface area contributed by atoms with Gasteiger partial charge >= 0.3 is 0 Å². The Balaban J connectivity index is 2.37. The molecule has 0 bridgehead atoms. The molecule has 0 aliphatic rings. The average molecular weight is 291 g/mol. The van der Waals surface area contributed by atoms with Crippen molar-refractivity contribution in [1.29, 1.82) is 0 Å². The Morgan fingerprint density at radius 2 is 1.90 bits per heavy atom. The minimum absolute atomic E-state index is 0.216. The Hall–Kier alpha value is -2.63. The van der Waals surface area contributed by atoms with E-state index < -0.39 is 17.5 Å². The van der Waals surface area contributed by atoms with Crippen LogP contribution in [-0.4, -0.2) is 20.0 Å². The summed E-state index contributed by atoms with van der Waals surface area (Å²) in [6.45, 7) is 0. The fourth-order valence-electron chi connectivity index (χ4n) is 1.92. The average Bonchev–Trinajstić information content (AvgIpc) is 2.43. The van der Waals surface area contributed by atoms with Crippen LogP contribution in [0.15, 0.2) is 36.4 Å². The van der Waals surface area contributed by atoms with E-state index in [4.69, 9.17) is 5.73 Å². The summed E-state index contributed by atoms with van der Waals surface area (Å²) in [4.78, 5) is 14.0. The second kappa shape index (κ2) is 5.78. The monoisotopic (exact) mass is 291 g/mol. The van der Waals surface area contributed by atoms with Gasteiger partial charge in [-0.05, 0) is 30.3 Å². The van der Waals surface area contributed by atoms with Gasteiger partial charge in [0.15, 0.2) is 11.6 Å². The van der Waals surface area contributed by atoms with Gasteiger partial charge in [-0.15, -0.1) is 0 Å². The molecule has 1 amide bonds. The third-order valence-electron chi connectivity index (χ3n) is 2.95. The molecule has 6 heteroatoms. The molecule has 21 heavy (non-hydrogen) atoms. The second-order valence-electron chi connectivity index (χ2n) is 4.73. The van der Waals surface area contributed by atoms with Crippen LogP contribution < -0.4 is 16.0 Å². The smallest absolute Gasteiger partial charge is 0.257 e. The Labute approximate surface area is 121 Å². The van der Waals surface area contributed by atoms with E-state index in [2.05, 4.69) is 5.32 Å². The molecule has 2 aromatic carbocycles. The van der Waals surface area contributed by atoms with Crippen molar-refractivity contribution in [2.24, 2.45) is 0 Å². The number of nitrogen functional groups attached to an aromatic ring is 1. The van der Waals surface area contributed by atoms with Gasteiger partial charge in [-0.2, -0.15) is 0 Å². The van der Waals surface area contributed by atoms with Crippen molar-refractivity contribution < 1.29 is 13.6 Å². The lowest BCUT2D eigenvalue weighted by Crippen LogP contribution is -2.19. The van der Waals surface area contributed by atoms with E-state index in [9.17, 15) is 13.6 Å². The largest absolute Gasteiger partial charge is 0.399 e. The maximum absolute atomic E-state index is 13.6. The third kappa shape index (κ3) is 3.10. The van der Waals surface area contributed by atoms with Crippen molar-refractivity contribution in [1.82, 2.24) is 0 Å². The SMILES string of the molecule is CN(C)c1ccc(N)cc1C(=O)Nc1cccc(F)c1F. The van der Waals surface area contributed by atoms with E-state index in [1.54, 1.807) is 31.1 Å². The molecule has 0 aromatic heterocycles. The zero-order valence-corrected chi connectivity index (χ0v) is 11.7. The lowest BCUT2D eigenvalue weighted by atomic mass is 10.1. The van der Waals surface area contributed by atoms with Gasteiger partial charge < -0.3 is 16.0 Å². The number of benzene rings is 2. The van der Waals surface area contributed by atoms with Gasteiger partial charge in [0, 0.05) is 25.5 Å². The summed E-state index contributed by atoms with van der Waals surface area (Å²) in [6.07, 6.45) is 0.